The third-order valence-electron chi connectivity index (χ3n) is 9.37. The van der Waals surface area contributed by atoms with Crippen molar-refractivity contribution in [3.63, 3.8) is 0 Å². The molecule has 2 aliphatic rings. The molecule has 1 aromatic heterocycles. The summed E-state index contributed by atoms with van der Waals surface area (Å²) in [5, 5.41) is 10.5. The van der Waals surface area contributed by atoms with Gasteiger partial charge in [0.2, 0.25) is 0 Å². The normalized spacial score (nSPS) is 18.2. The minimum absolute atomic E-state index is 0.00738. The first-order valence-electron chi connectivity index (χ1n) is 15.6. The maximum Gasteiger partial charge on any atom is 0.303 e. The highest BCUT2D eigenvalue weighted by Gasteiger charge is 2.37. The van der Waals surface area contributed by atoms with Crippen molar-refractivity contribution in [2.75, 3.05) is 53.0 Å². The van der Waals surface area contributed by atoms with Crippen LogP contribution in [0.5, 0.6) is 5.75 Å². The summed E-state index contributed by atoms with van der Waals surface area (Å²) in [5.41, 5.74) is 1.51. The number of aliphatic carboxylic acids is 1. The van der Waals surface area contributed by atoms with Crippen LogP contribution in [-0.4, -0.2) is 78.9 Å². The van der Waals surface area contributed by atoms with Gasteiger partial charge in [-0.3, -0.25) is 14.7 Å². The lowest BCUT2D eigenvalue weighted by atomic mass is 9.71. The van der Waals surface area contributed by atoms with Gasteiger partial charge >= 0.3 is 5.97 Å². The Labute approximate surface area is 261 Å². The maximum absolute atomic E-state index is 16.5. The zero-order chi connectivity index (χ0) is 32.0. The number of nitrogens with zero attached hydrogens (tertiary/aromatic N) is 3. The molecule has 7 nitrogen and oxygen atoms in total. The van der Waals surface area contributed by atoms with Gasteiger partial charge < -0.3 is 19.5 Å². The first-order chi connectivity index (χ1) is 21.7. The van der Waals surface area contributed by atoms with Crippen LogP contribution in [0.1, 0.15) is 61.4 Å². The molecular formula is C34H41F4N3O4. The van der Waals surface area contributed by atoms with Gasteiger partial charge in [-0.15, -0.1) is 0 Å². The van der Waals surface area contributed by atoms with Crippen LogP contribution in [0.3, 0.4) is 0 Å². The minimum Gasteiger partial charge on any atom is -0.497 e. The van der Waals surface area contributed by atoms with E-state index in [2.05, 4.69) is 14.8 Å². The standard InChI is InChI=1S/C34H41F4N3O4/c1-44-26-4-5-30-27(19-26)32(24(21-39-30)22-41-13-15-45-16-14-41)28(36)6-7-34(20-31(42)43)8-11-40(12-9-34)10-2-3-23-17-25(35)18-29(37)33(23)38/h4-5,17-19,21,28H,2-3,6-16,20,22H2,1H3,(H,42,43)/t28-/m0/s1. The van der Waals surface area contributed by atoms with Crippen LogP contribution < -0.4 is 4.74 Å². The van der Waals surface area contributed by atoms with Crippen molar-refractivity contribution in [3.05, 3.63) is 70.7 Å². The van der Waals surface area contributed by atoms with Crippen LogP contribution >= 0.6 is 0 Å². The molecule has 244 valence electrons. The molecule has 0 spiro atoms. The lowest BCUT2D eigenvalue weighted by Crippen LogP contribution is -2.41. The SMILES string of the molecule is COc1ccc2ncc(CN3CCOCC3)c([C@@H](F)CCC3(CC(=O)O)CCN(CCCc4cc(F)cc(F)c4F)CC3)c2c1. The number of likely N-dealkylation sites (tertiary alicyclic amines) is 1. The first-order valence-corrected chi connectivity index (χ1v) is 15.6. The summed E-state index contributed by atoms with van der Waals surface area (Å²) in [5.74, 6) is -3.32. The van der Waals surface area contributed by atoms with E-state index in [9.17, 15) is 23.1 Å². The zero-order valence-corrected chi connectivity index (χ0v) is 25.7. The van der Waals surface area contributed by atoms with E-state index in [1.54, 1.807) is 19.4 Å². The topological polar surface area (TPSA) is 75.1 Å². The summed E-state index contributed by atoms with van der Waals surface area (Å²) in [7, 11) is 1.57. The van der Waals surface area contributed by atoms with Gasteiger partial charge in [-0.25, -0.2) is 17.6 Å². The Morgan fingerprint density at radius 3 is 2.53 bits per heavy atom. The molecule has 0 radical (unpaired) electrons. The second-order valence-corrected chi connectivity index (χ2v) is 12.4. The Balaban J connectivity index is 1.27. The van der Waals surface area contributed by atoms with Crippen LogP contribution in [0, 0.1) is 22.9 Å². The average molecular weight is 632 g/mol. The quantitative estimate of drug-likeness (QED) is 0.171. The van der Waals surface area contributed by atoms with Crippen molar-refractivity contribution in [3.8, 4) is 5.75 Å². The number of carboxylic acid groups (broad SMARTS) is 1. The lowest BCUT2D eigenvalue weighted by Gasteiger charge is -2.41. The smallest absolute Gasteiger partial charge is 0.303 e. The van der Waals surface area contributed by atoms with E-state index >= 15 is 4.39 Å². The molecule has 3 heterocycles. The van der Waals surface area contributed by atoms with Gasteiger partial charge in [0.25, 0.3) is 0 Å². The number of aryl methyl sites for hydroxylation is 1. The molecule has 2 fully saturated rings. The molecule has 0 aliphatic carbocycles. The maximum atomic E-state index is 16.5. The Morgan fingerprint density at radius 2 is 1.82 bits per heavy atom. The van der Waals surface area contributed by atoms with Gasteiger partial charge in [-0.1, -0.05) is 0 Å². The summed E-state index contributed by atoms with van der Waals surface area (Å²) < 4.78 is 68.6. The number of pyridine rings is 1. The monoisotopic (exact) mass is 631 g/mol. The number of aromatic nitrogens is 1. The Kier molecular flexibility index (Phi) is 10.9. The van der Waals surface area contributed by atoms with Crippen molar-refractivity contribution in [1.82, 2.24) is 14.8 Å². The Bertz CT molecular complexity index is 1480. The molecule has 5 rings (SSSR count). The molecule has 1 atom stereocenters. The number of methoxy groups -OCH3 is 1. The summed E-state index contributed by atoms with van der Waals surface area (Å²) in [6, 6.07) is 7.00. The second-order valence-electron chi connectivity index (χ2n) is 12.4. The lowest BCUT2D eigenvalue weighted by molar-refractivity contribution is -0.141. The predicted octanol–water partition coefficient (Wildman–Crippen LogP) is 6.47. The number of hydrogen-bond donors (Lipinski definition) is 1. The number of rotatable bonds is 13. The molecule has 0 bridgehead atoms. The highest BCUT2D eigenvalue weighted by atomic mass is 19.2. The molecule has 2 saturated heterocycles. The molecule has 2 aliphatic heterocycles. The molecule has 11 heteroatoms. The number of benzene rings is 2. The molecule has 0 saturated carbocycles. The highest BCUT2D eigenvalue weighted by molar-refractivity contribution is 5.85. The Morgan fingerprint density at radius 1 is 1.07 bits per heavy atom. The molecule has 1 N–H and O–H groups in total. The summed E-state index contributed by atoms with van der Waals surface area (Å²) in [4.78, 5) is 21.0. The zero-order valence-electron chi connectivity index (χ0n) is 25.7. The van der Waals surface area contributed by atoms with Crippen molar-refractivity contribution < 1.29 is 36.9 Å². The van der Waals surface area contributed by atoms with E-state index in [0.29, 0.717) is 93.4 Å². The number of carboxylic acids is 1. The predicted molar refractivity (Wildman–Crippen MR) is 162 cm³/mol. The average Bonchev–Trinajstić information content (AvgIpc) is 3.03. The number of halogens is 4. The summed E-state index contributed by atoms with van der Waals surface area (Å²) in [6.45, 7) is 5.10. The van der Waals surface area contributed by atoms with Crippen molar-refractivity contribution in [1.29, 1.82) is 0 Å². The third kappa shape index (κ3) is 8.31. The summed E-state index contributed by atoms with van der Waals surface area (Å²) in [6.07, 6.45) is 2.82. The van der Waals surface area contributed by atoms with Crippen LogP contribution in [-0.2, 0) is 22.5 Å². The van der Waals surface area contributed by atoms with E-state index in [4.69, 9.17) is 9.47 Å². The minimum atomic E-state index is -1.33. The second kappa shape index (κ2) is 14.9. The number of fused-ring (bicyclic) bond motifs is 1. The number of hydrogen-bond acceptors (Lipinski definition) is 6. The summed E-state index contributed by atoms with van der Waals surface area (Å²) >= 11 is 0. The first kappa shape index (κ1) is 33.1. The van der Waals surface area contributed by atoms with Gasteiger partial charge in [0.1, 0.15) is 17.7 Å². The number of carbonyl (C=O) groups is 1. The van der Waals surface area contributed by atoms with Crippen LogP contribution in [0.2, 0.25) is 0 Å². The number of morpholine rings is 1. The van der Waals surface area contributed by atoms with E-state index < -0.39 is 35.0 Å². The fraction of sp³-hybridized carbons (Fsp3) is 0.529. The van der Waals surface area contributed by atoms with Crippen LogP contribution in [0.25, 0.3) is 10.9 Å². The fourth-order valence-electron chi connectivity index (χ4n) is 6.80. The number of piperidine rings is 1. The van der Waals surface area contributed by atoms with Crippen LogP contribution in [0.15, 0.2) is 36.5 Å². The van der Waals surface area contributed by atoms with Gasteiger partial charge in [-0.05, 0) is 99.0 Å². The van der Waals surface area contributed by atoms with Crippen molar-refractivity contribution in [2.45, 2.75) is 57.7 Å². The van der Waals surface area contributed by atoms with Crippen LogP contribution in [0.4, 0.5) is 17.6 Å². The van der Waals surface area contributed by atoms with Gasteiger partial charge in [0.05, 0.1) is 32.3 Å². The molecule has 0 amide bonds. The molecule has 3 aromatic rings. The molecule has 45 heavy (non-hydrogen) atoms. The van der Waals surface area contributed by atoms with Crippen molar-refractivity contribution >= 4 is 16.9 Å². The van der Waals surface area contributed by atoms with Gasteiger partial charge in [0.15, 0.2) is 11.6 Å². The highest BCUT2D eigenvalue weighted by Crippen LogP contribution is 2.43. The third-order valence-corrected chi connectivity index (χ3v) is 9.37. The van der Waals surface area contributed by atoms with E-state index in [1.807, 2.05) is 12.1 Å². The van der Waals surface area contributed by atoms with Gasteiger partial charge in [-0.2, -0.15) is 0 Å². The van der Waals surface area contributed by atoms with Gasteiger partial charge in [0, 0.05) is 42.8 Å². The van der Waals surface area contributed by atoms with Crippen molar-refractivity contribution in [2.24, 2.45) is 5.41 Å². The number of alkyl halides is 1. The largest absolute Gasteiger partial charge is 0.497 e. The number of ether oxygens (including phenoxy) is 2. The van der Waals surface area contributed by atoms with E-state index in [-0.39, 0.29) is 24.8 Å². The molecule has 0 unspecified atom stereocenters. The Hall–Kier alpha value is -3.28. The molecular weight excluding hydrogens is 590 g/mol. The van der Waals surface area contributed by atoms with E-state index in [1.165, 1.54) is 0 Å². The molecule has 2 aromatic carbocycles. The van der Waals surface area contributed by atoms with E-state index in [0.717, 1.165) is 24.7 Å². The fourth-order valence-corrected chi connectivity index (χ4v) is 6.80.